The Morgan fingerprint density at radius 2 is 0.843 bits per heavy atom. The van der Waals surface area contributed by atoms with Gasteiger partial charge in [-0.2, -0.15) is 0 Å². The van der Waals surface area contributed by atoms with E-state index in [-0.39, 0.29) is 0 Å². The van der Waals surface area contributed by atoms with E-state index >= 15 is 0 Å². The lowest BCUT2D eigenvalue weighted by Crippen LogP contribution is -2.24. The summed E-state index contributed by atoms with van der Waals surface area (Å²) in [6.07, 6.45) is 12.0. The second-order valence-electron chi connectivity index (χ2n) is 25.7. The van der Waals surface area contributed by atoms with Crippen LogP contribution in [0.25, 0.3) is 54.1 Å². The van der Waals surface area contributed by atoms with Gasteiger partial charge < -0.3 is 15.6 Å². The van der Waals surface area contributed by atoms with Crippen LogP contribution in [0.2, 0.25) is 0 Å². The molecule has 0 fully saturated rings. The van der Waals surface area contributed by atoms with E-state index < -0.39 is 0 Å². The van der Waals surface area contributed by atoms with Crippen molar-refractivity contribution in [3.8, 4) is 0 Å². The highest BCUT2D eigenvalue weighted by molar-refractivity contribution is 5.87. The van der Waals surface area contributed by atoms with Gasteiger partial charge in [-0.1, -0.05) is 261 Å². The lowest BCUT2D eigenvalue weighted by atomic mass is 9.90. The van der Waals surface area contributed by atoms with Crippen LogP contribution < -0.4 is 10.6 Å². The molecule has 0 atom stereocenters. The molecule has 89 heavy (non-hydrogen) atoms. The van der Waals surface area contributed by atoms with Gasteiger partial charge in [-0.05, 0) is 162 Å². The molecule has 6 heterocycles. The maximum Gasteiger partial charge on any atom is 0.0704 e. The van der Waals surface area contributed by atoms with Gasteiger partial charge >= 0.3 is 0 Å². The van der Waals surface area contributed by atoms with Gasteiger partial charge in [0.15, 0.2) is 0 Å². The number of para-hydroxylation sites is 3. The van der Waals surface area contributed by atoms with Gasteiger partial charge in [-0.3, -0.25) is 15.0 Å². The van der Waals surface area contributed by atoms with Crippen molar-refractivity contribution in [1.82, 2.24) is 25.3 Å². The number of nitrogens with one attached hydrogen (secondary N) is 3. The molecule has 0 saturated heterocycles. The van der Waals surface area contributed by atoms with Gasteiger partial charge in [0.25, 0.3) is 0 Å². The van der Waals surface area contributed by atoms with Crippen LogP contribution in [-0.2, 0) is 19.4 Å². The molecule has 0 saturated carbocycles. The van der Waals surface area contributed by atoms with E-state index in [0.717, 1.165) is 25.2 Å². The van der Waals surface area contributed by atoms with Crippen LogP contribution in [0.5, 0.6) is 0 Å². The number of aromatic nitrogens is 4. The van der Waals surface area contributed by atoms with Gasteiger partial charge in [0, 0.05) is 71.4 Å². The van der Waals surface area contributed by atoms with Gasteiger partial charge in [0.2, 0.25) is 0 Å². The van der Waals surface area contributed by atoms with E-state index in [2.05, 4.69) is 303 Å². The average Bonchev–Trinajstić information content (AvgIpc) is 4.08. The normalized spacial score (nSPS) is 12.2. The molecular formula is C83H98N6. The lowest BCUT2D eigenvalue weighted by molar-refractivity contribution is 0.632. The van der Waals surface area contributed by atoms with Crippen molar-refractivity contribution in [3.63, 3.8) is 0 Å². The maximum atomic E-state index is 4.41. The molecule has 4 aromatic heterocycles. The number of rotatable bonds is 7. The molecule has 2 aliphatic heterocycles. The van der Waals surface area contributed by atoms with Crippen molar-refractivity contribution >= 4 is 59.8 Å². The Hall–Kier alpha value is -8.45. The fourth-order valence-electron chi connectivity index (χ4n) is 12.1. The minimum atomic E-state index is 0.492. The standard InChI is InChI=1S/C13H14.C12H17N.3C12H13N.C11H15N.C11H13N/c1-10(2)12-9-5-7-11-6-3-4-8-13(11)12;1-9(2)11-5-3-4-10-6-7-13-8-12(10)11;1-9(2)12-8-13-7-10-5-3-4-6-11(10)12;1-9(2)10-7-8-13-12-6-4-3-5-11(10)12;1-9(2)12-11-6-4-3-5-10(11)7-8-13-12;2*1-8(2)10-5-3-4-9-6-7-12-11(9)10/h3-10H,1-2H3;3-5,9,13H,6-8H2,1-2H3;3*3-9H,1-2H3;3-5,8,12H,6-7H2,1-2H3;3-8,12H,1-2H3. The molecule has 0 radical (unpaired) electrons. The third-order valence-electron chi connectivity index (χ3n) is 16.9. The molecular weight excluding hydrogens is 1080 g/mol. The summed E-state index contributed by atoms with van der Waals surface area (Å²) in [5.74, 6) is 4.07. The van der Waals surface area contributed by atoms with E-state index in [4.69, 9.17) is 0 Å². The second-order valence-corrected chi connectivity index (χ2v) is 25.7. The number of anilines is 1. The molecule has 2 aliphatic rings. The van der Waals surface area contributed by atoms with Crippen LogP contribution in [0.4, 0.5) is 5.69 Å². The number of H-pyrrole nitrogens is 1. The van der Waals surface area contributed by atoms with Crippen LogP contribution in [0.3, 0.4) is 0 Å². The molecule has 0 bridgehead atoms. The molecule has 14 rings (SSSR count). The summed E-state index contributed by atoms with van der Waals surface area (Å²) >= 11 is 0. The summed E-state index contributed by atoms with van der Waals surface area (Å²) in [4.78, 5) is 16.2. The van der Waals surface area contributed by atoms with E-state index in [1.165, 1.54) is 112 Å². The number of hydrogen-bond donors (Lipinski definition) is 3. The Bertz CT molecular complexity index is 3790. The first-order chi connectivity index (χ1) is 43.0. The Kier molecular flexibility index (Phi) is 24.4. The van der Waals surface area contributed by atoms with E-state index in [1.807, 2.05) is 43.1 Å². The summed E-state index contributed by atoms with van der Waals surface area (Å²) in [6, 6.07) is 66.2. The Balaban J connectivity index is 0.000000134. The van der Waals surface area contributed by atoms with Crippen molar-refractivity contribution in [2.24, 2.45) is 0 Å². The average molecular weight is 1180 g/mol. The van der Waals surface area contributed by atoms with Crippen LogP contribution in [0.15, 0.2) is 219 Å². The second kappa shape index (κ2) is 32.7. The molecule has 6 nitrogen and oxygen atoms in total. The van der Waals surface area contributed by atoms with Crippen LogP contribution in [0.1, 0.15) is 194 Å². The predicted octanol–water partition coefficient (Wildman–Crippen LogP) is 22.6. The number of pyridine rings is 3. The third-order valence-corrected chi connectivity index (χ3v) is 16.9. The molecule has 0 amide bonds. The fourth-order valence-corrected chi connectivity index (χ4v) is 12.1. The van der Waals surface area contributed by atoms with Crippen molar-refractivity contribution in [2.45, 2.75) is 158 Å². The zero-order valence-corrected chi connectivity index (χ0v) is 55.7. The molecule has 460 valence electrons. The number of nitrogens with zero attached hydrogens (tertiary/aromatic N) is 3. The van der Waals surface area contributed by atoms with Crippen LogP contribution in [-0.4, -0.2) is 33.0 Å². The molecule has 6 heteroatoms. The van der Waals surface area contributed by atoms with Gasteiger partial charge in [0.05, 0.1) is 11.2 Å². The van der Waals surface area contributed by atoms with E-state index in [0.29, 0.717) is 41.4 Å². The van der Waals surface area contributed by atoms with E-state index in [9.17, 15) is 0 Å². The molecule has 8 aromatic carbocycles. The summed E-state index contributed by atoms with van der Waals surface area (Å²) in [6.45, 7) is 34.4. The molecule has 3 N–H and O–H groups in total. The number of fused-ring (bicyclic) bond motifs is 7. The summed E-state index contributed by atoms with van der Waals surface area (Å²) in [7, 11) is 0. The smallest absolute Gasteiger partial charge is 0.0704 e. The highest BCUT2D eigenvalue weighted by atomic mass is 14.9. The topological polar surface area (TPSA) is 78.5 Å². The molecule has 0 spiro atoms. The molecule has 0 aliphatic carbocycles. The summed E-state index contributed by atoms with van der Waals surface area (Å²) in [5, 5.41) is 17.3. The monoisotopic (exact) mass is 1180 g/mol. The minimum Gasteiger partial charge on any atom is -0.384 e. The quantitative estimate of drug-likeness (QED) is 0.148. The van der Waals surface area contributed by atoms with Gasteiger partial charge in [-0.25, -0.2) is 0 Å². The predicted molar refractivity (Wildman–Crippen MR) is 387 cm³/mol. The Morgan fingerprint density at radius 3 is 1.51 bits per heavy atom. The number of hydrogen-bond acceptors (Lipinski definition) is 5. The van der Waals surface area contributed by atoms with Crippen LogP contribution >= 0.6 is 0 Å². The first kappa shape index (κ1) is 66.5. The molecule has 0 unspecified atom stereocenters. The largest absolute Gasteiger partial charge is 0.384 e. The zero-order valence-electron chi connectivity index (χ0n) is 55.7. The first-order valence-corrected chi connectivity index (χ1v) is 32.7. The minimum absolute atomic E-state index is 0.492. The third kappa shape index (κ3) is 17.7. The first-order valence-electron chi connectivity index (χ1n) is 32.7. The summed E-state index contributed by atoms with van der Waals surface area (Å²) < 4.78 is 0. The van der Waals surface area contributed by atoms with Crippen molar-refractivity contribution in [1.29, 1.82) is 0 Å². The van der Waals surface area contributed by atoms with Crippen molar-refractivity contribution < 1.29 is 0 Å². The van der Waals surface area contributed by atoms with Crippen molar-refractivity contribution in [3.05, 3.63) is 275 Å². The van der Waals surface area contributed by atoms with Crippen molar-refractivity contribution in [2.75, 3.05) is 18.4 Å². The lowest BCUT2D eigenvalue weighted by Gasteiger charge is -2.21. The Labute approximate surface area is 533 Å². The van der Waals surface area contributed by atoms with E-state index in [1.54, 1.807) is 11.1 Å². The number of benzene rings is 8. The fraction of sp³-hybridized carbons (Fsp3) is 0.313. The highest BCUT2D eigenvalue weighted by Crippen LogP contribution is 2.32. The van der Waals surface area contributed by atoms with Crippen LogP contribution in [0, 0.1) is 0 Å². The number of aromatic amines is 1. The zero-order chi connectivity index (χ0) is 63.4. The van der Waals surface area contributed by atoms with Gasteiger partial charge in [-0.15, -0.1) is 0 Å². The molecule has 12 aromatic rings. The Morgan fingerprint density at radius 1 is 0.348 bits per heavy atom. The highest BCUT2D eigenvalue weighted by Gasteiger charge is 2.16. The van der Waals surface area contributed by atoms with Gasteiger partial charge in [0.1, 0.15) is 0 Å². The maximum absolute atomic E-state index is 4.41. The SMILES string of the molecule is CC(C)c1cccc2c1CNCC2.CC(C)c1cccc2c1NCC2.CC(C)c1cccc2cc[nH]c12.CC(C)c1cccc2ccccc12.CC(C)c1ccnc2ccccc12.CC(C)c1cncc2ccccc12.CC(C)c1nccc2ccccc12. The summed E-state index contributed by atoms with van der Waals surface area (Å²) in [5.41, 5.74) is 18.1.